The van der Waals surface area contributed by atoms with Gasteiger partial charge in [-0.2, -0.15) is 0 Å². The first-order valence-corrected chi connectivity index (χ1v) is 10.00. The third-order valence-electron chi connectivity index (χ3n) is 4.99. The van der Waals surface area contributed by atoms with Crippen LogP contribution < -0.4 is 10.1 Å². The molecule has 0 fully saturated rings. The molecule has 3 aromatic rings. The third-order valence-corrected chi connectivity index (χ3v) is 5.46. The van der Waals surface area contributed by atoms with Gasteiger partial charge in [0, 0.05) is 33.8 Å². The molecule has 0 aliphatic carbocycles. The molecule has 1 heterocycles. The Morgan fingerprint density at radius 1 is 1.00 bits per heavy atom. The Bertz CT molecular complexity index is 1050. The van der Waals surface area contributed by atoms with Gasteiger partial charge in [0.1, 0.15) is 17.7 Å². The number of hydrogen-bond acceptors (Lipinski definition) is 4. The van der Waals surface area contributed by atoms with Crippen molar-refractivity contribution in [2.45, 2.75) is 18.6 Å². The van der Waals surface area contributed by atoms with Gasteiger partial charge in [0.2, 0.25) is 0 Å². The predicted molar refractivity (Wildman–Crippen MR) is 117 cm³/mol. The van der Waals surface area contributed by atoms with Gasteiger partial charge in [-0.05, 0) is 65.7 Å². The Kier molecular flexibility index (Phi) is 5.76. The van der Waals surface area contributed by atoms with Gasteiger partial charge in [-0.25, -0.2) is 0 Å². The second kappa shape index (κ2) is 8.46. The van der Waals surface area contributed by atoms with E-state index in [0.29, 0.717) is 16.5 Å². The lowest BCUT2D eigenvalue weighted by molar-refractivity contribution is 0.412. The highest BCUT2D eigenvalue weighted by Crippen LogP contribution is 2.36. The summed E-state index contributed by atoms with van der Waals surface area (Å²) in [6.45, 7) is 0. The van der Waals surface area contributed by atoms with Crippen LogP contribution in [0.1, 0.15) is 35.3 Å². The molecule has 0 bridgehead atoms. The SMILES string of the molecule is COc1ccc(C2=NC(c3cccc(Cl)c3)NC(c3cc(Cl)ccc3O)C2)cc1. The number of aliphatic imine (C=N–C) groups is 1. The van der Waals surface area contributed by atoms with Crippen LogP contribution in [-0.2, 0) is 0 Å². The van der Waals surface area contributed by atoms with Crippen LogP contribution in [0.15, 0.2) is 71.7 Å². The van der Waals surface area contributed by atoms with Gasteiger partial charge in [-0.3, -0.25) is 10.3 Å². The lowest BCUT2D eigenvalue weighted by Crippen LogP contribution is -2.33. The molecule has 4 rings (SSSR count). The van der Waals surface area contributed by atoms with Crippen molar-refractivity contribution in [1.82, 2.24) is 5.32 Å². The normalized spacial score (nSPS) is 18.9. The minimum absolute atomic E-state index is 0.160. The van der Waals surface area contributed by atoms with Gasteiger partial charge in [0.15, 0.2) is 0 Å². The fraction of sp³-hybridized carbons (Fsp3) is 0.174. The fourth-order valence-electron chi connectivity index (χ4n) is 3.52. The zero-order valence-corrected chi connectivity index (χ0v) is 17.3. The molecule has 6 heteroatoms. The van der Waals surface area contributed by atoms with Gasteiger partial charge in [0.25, 0.3) is 0 Å². The van der Waals surface area contributed by atoms with E-state index in [2.05, 4.69) is 5.32 Å². The molecule has 0 spiro atoms. The molecular weight excluding hydrogens is 407 g/mol. The lowest BCUT2D eigenvalue weighted by Gasteiger charge is -2.31. The number of aromatic hydroxyl groups is 1. The van der Waals surface area contributed by atoms with Crippen LogP contribution in [0, 0.1) is 0 Å². The molecule has 4 nitrogen and oxygen atoms in total. The maximum Gasteiger partial charge on any atom is 0.126 e. The monoisotopic (exact) mass is 426 g/mol. The minimum atomic E-state index is -0.303. The second-order valence-corrected chi connectivity index (χ2v) is 7.76. The highest BCUT2D eigenvalue weighted by Gasteiger charge is 2.28. The van der Waals surface area contributed by atoms with Gasteiger partial charge in [-0.15, -0.1) is 0 Å². The van der Waals surface area contributed by atoms with E-state index in [1.807, 2.05) is 48.5 Å². The van der Waals surface area contributed by atoms with Crippen LogP contribution in [-0.4, -0.2) is 17.9 Å². The van der Waals surface area contributed by atoms with E-state index in [1.54, 1.807) is 25.3 Å². The summed E-state index contributed by atoms with van der Waals surface area (Å²) < 4.78 is 5.26. The molecule has 2 N–H and O–H groups in total. The molecule has 3 aromatic carbocycles. The predicted octanol–water partition coefficient (Wildman–Crippen LogP) is 5.93. The van der Waals surface area contributed by atoms with Crippen LogP contribution in [0.3, 0.4) is 0 Å². The van der Waals surface area contributed by atoms with Gasteiger partial charge in [-0.1, -0.05) is 35.3 Å². The van der Waals surface area contributed by atoms with Crippen molar-refractivity contribution >= 4 is 28.9 Å². The number of nitrogens with zero attached hydrogens (tertiary/aromatic N) is 1. The molecule has 0 aromatic heterocycles. The maximum absolute atomic E-state index is 10.4. The molecule has 2 atom stereocenters. The number of phenolic OH excluding ortho intramolecular Hbond substituents is 1. The Labute approximate surface area is 179 Å². The molecule has 0 saturated heterocycles. The first kappa shape index (κ1) is 19.8. The Balaban J connectivity index is 1.76. The van der Waals surface area contributed by atoms with E-state index in [9.17, 15) is 5.11 Å². The molecule has 148 valence electrons. The summed E-state index contributed by atoms with van der Waals surface area (Å²) >= 11 is 12.4. The number of hydrogen-bond donors (Lipinski definition) is 2. The molecule has 0 saturated carbocycles. The summed E-state index contributed by atoms with van der Waals surface area (Å²) in [5, 5.41) is 15.2. The lowest BCUT2D eigenvalue weighted by atomic mass is 9.93. The summed E-state index contributed by atoms with van der Waals surface area (Å²) in [6.07, 6.45) is 0.306. The molecular formula is C23H20Cl2N2O2. The van der Waals surface area contributed by atoms with Crippen molar-refractivity contribution in [1.29, 1.82) is 0 Å². The van der Waals surface area contributed by atoms with Crippen LogP contribution >= 0.6 is 23.2 Å². The quantitative estimate of drug-likeness (QED) is 0.543. The van der Waals surface area contributed by atoms with Crippen molar-refractivity contribution in [2.24, 2.45) is 4.99 Å². The van der Waals surface area contributed by atoms with Crippen molar-refractivity contribution < 1.29 is 9.84 Å². The highest BCUT2D eigenvalue weighted by atomic mass is 35.5. The van der Waals surface area contributed by atoms with E-state index < -0.39 is 0 Å². The summed E-state index contributed by atoms with van der Waals surface area (Å²) in [6, 6.07) is 20.4. The smallest absolute Gasteiger partial charge is 0.126 e. The first-order valence-electron chi connectivity index (χ1n) is 9.24. The second-order valence-electron chi connectivity index (χ2n) is 6.89. The summed E-state index contributed by atoms with van der Waals surface area (Å²) in [5.41, 5.74) is 3.63. The number of methoxy groups -OCH3 is 1. The topological polar surface area (TPSA) is 53.8 Å². The van der Waals surface area contributed by atoms with E-state index in [0.717, 1.165) is 28.2 Å². The van der Waals surface area contributed by atoms with Gasteiger partial charge in [0.05, 0.1) is 7.11 Å². The highest BCUT2D eigenvalue weighted by molar-refractivity contribution is 6.31. The van der Waals surface area contributed by atoms with E-state index >= 15 is 0 Å². The fourth-order valence-corrected chi connectivity index (χ4v) is 3.90. The zero-order chi connectivity index (χ0) is 20.4. The average molecular weight is 427 g/mol. The van der Waals surface area contributed by atoms with Crippen molar-refractivity contribution in [2.75, 3.05) is 7.11 Å². The van der Waals surface area contributed by atoms with Gasteiger partial charge >= 0.3 is 0 Å². The van der Waals surface area contributed by atoms with Crippen LogP contribution in [0.4, 0.5) is 0 Å². The van der Waals surface area contributed by atoms with Crippen molar-refractivity contribution in [3.05, 3.63) is 93.5 Å². The van der Waals surface area contributed by atoms with Crippen LogP contribution in [0.2, 0.25) is 10.0 Å². The summed E-state index contributed by atoms with van der Waals surface area (Å²) in [5.74, 6) is 0.992. The summed E-state index contributed by atoms with van der Waals surface area (Å²) in [4.78, 5) is 4.94. The third kappa shape index (κ3) is 4.40. The molecule has 29 heavy (non-hydrogen) atoms. The molecule has 1 aliphatic heterocycles. The average Bonchev–Trinajstić information content (AvgIpc) is 2.75. The Hall–Kier alpha value is -2.53. The van der Waals surface area contributed by atoms with Crippen molar-refractivity contribution in [3.63, 3.8) is 0 Å². The number of nitrogens with one attached hydrogen (secondary N) is 1. The number of ether oxygens (including phenoxy) is 1. The summed E-state index contributed by atoms with van der Waals surface area (Å²) in [7, 11) is 1.64. The Morgan fingerprint density at radius 3 is 2.48 bits per heavy atom. The maximum atomic E-state index is 10.4. The largest absolute Gasteiger partial charge is 0.508 e. The number of halogens is 2. The van der Waals surface area contributed by atoms with Gasteiger partial charge < -0.3 is 9.84 Å². The molecule has 1 aliphatic rings. The van der Waals surface area contributed by atoms with Crippen molar-refractivity contribution in [3.8, 4) is 11.5 Å². The van der Waals surface area contributed by atoms with E-state index in [4.69, 9.17) is 32.9 Å². The number of rotatable bonds is 4. The molecule has 2 unspecified atom stereocenters. The minimum Gasteiger partial charge on any atom is -0.508 e. The molecule has 0 radical (unpaired) electrons. The van der Waals surface area contributed by atoms with Crippen LogP contribution in [0.5, 0.6) is 11.5 Å². The number of phenols is 1. The number of benzene rings is 3. The standard InChI is InChI=1S/C23H20Cl2N2O2/c1-29-18-8-5-14(6-9-18)20-13-21(19-12-17(25)7-10-22(19)28)27-23(26-20)15-3-2-4-16(24)11-15/h2-12,21,23,27-28H,13H2,1H3. The first-order chi connectivity index (χ1) is 14.0. The molecule has 0 amide bonds. The Morgan fingerprint density at radius 2 is 1.76 bits per heavy atom. The van der Waals surface area contributed by atoms with E-state index in [-0.39, 0.29) is 18.0 Å². The zero-order valence-electron chi connectivity index (χ0n) is 15.8. The van der Waals surface area contributed by atoms with Crippen LogP contribution in [0.25, 0.3) is 0 Å². The van der Waals surface area contributed by atoms with E-state index in [1.165, 1.54) is 0 Å².